The smallest absolute Gasteiger partial charge is 0.0471 e. The summed E-state index contributed by atoms with van der Waals surface area (Å²) in [6, 6.07) is 3.71. The number of hydrogen-bond donors (Lipinski definition) is 1. The van der Waals surface area contributed by atoms with E-state index in [4.69, 9.17) is 23.2 Å². The number of nitrogens with one attached hydrogen (secondary N) is 1. The number of unbranched alkanes of at least 4 members (excludes halogenated alkanes) is 7. The first kappa shape index (κ1) is 19.5. The first-order chi connectivity index (χ1) is 10.7. The fourth-order valence-corrected chi connectivity index (χ4v) is 3.17. The molecule has 1 aromatic rings. The molecule has 0 spiro atoms. The van der Waals surface area contributed by atoms with E-state index >= 15 is 0 Å². The van der Waals surface area contributed by atoms with Gasteiger partial charge >= 0.3 is 0 Å². The van der Waals surface area contributed by atoms with Crippen molar-refractivity contribution >= 4 is 29.3 Å². The summed E-state index contributed by atoms with van der Waals surface area (Å²) in [5, 5.41) is 4.85. The molecule has 0 heterocycles. The second-order valence-corrected chi connectivity index (χ2v) is 6.65. The van der Waals surface area contributed by atoms with Crippen molar-refractivity contribution in [3.8, 4) is 0 Å². The Morgan fingerprint density at radius 3 is 2.27 bits per heavy atom. The van der Waals surface area contributed by atoms with Crippen LogP contribution in [0.25, 0.3) is 6.08 Å². The Kier molecular flexibility index (Phi) is 10.7. The van der Waals surface area contributed by atoms with Crippen LogP contribution >= 0.6 is 23.2 Å². The van der Waals surface area contributed by atoms with Crippen molar-refractivity contribution in [2.24, 2.45) is 0 Å². The molecule has 3 heteroatoms. The second-order valence-electron chi connectivity index (χ2n) is 5.81. The predicted octanol–water partition coefficient (Wildman–Crippen LogP) is 6.87. The van der Waals surface area contributed by atoms with Gasteiger partial charge in [-0.15, -0.1) is 0 Å². The van der Waals surface area contributed by atoms with E-state index in [0.29, 0.717) is 10.0 Å². The topological polar surface area (TPSA) is 12.0 Å². The van der Waals surface area contributed by atoms with E-state index in [0.717, 1.165) is 24.2 Å². The third-order valence-electron chi connectivity index (χ3n) is 3.92. The Morgan fingerprint density at radius 2 is 1.64 bits per heavy atom. The van der Waals surface area contributed by atoms with Crippen molar-refractivity contribution in [2.45, 2.75) is 64.8 Å². The SMILES string of the molecule is C=Cc1cc(Cl)cc(Cl)c1CNCCCCCCCCCC. The van der Waals surface area contributed by atoms with Crippen LogP contribution in [0.1, 0.15) is 69.4 Å². The largest absolute Gasteiger partial charge is 0.313 e. The molecule has 22 heavy (non-hydrogen) atoms. The van der Waals surface area contributed by atoms with Gasteiger partial charge in [-0.25, -0.2) is 0 Å². The monoisotopic (exact) mass is 341 g/mol. The lowest BCUT2D eigenvalue weighted by molar-refractivity contribution is 0.555. The summed E-state index contributed by atoms with van der Waals surface area (Å²) in [4.78, 5) is 0. The van der Waals surface area contributed by atoms with Crippen molar-refractivity contribution in [3.05, 3.63) is 39.9 Å². The summed E-state index contributed by atoms with van der Waals surface area (Å²) < 4.78 is 0. The van der Waals surface area contributed by atoms with Crippen molar-refractivity contribution in [2.75, 3.05) is 6.54 Å². The molecule has 0 aliphatic carbocycles. The molecule has 1 rings (SSSR count). The van der Waals surface area contributed by atoms with Crippen molar-refractivity contribution in [3.63, 3.8) is 0 Å². The van der Waals surface area contributed by atoms with E-state index in [-0.39, 0.29) is 0 Å². The van der Waals surface area contributed by atoms with Crippen LogP contribution < -0.4 is 5.32 Å². The van der Waals surface area contributed by atoms with Crippen LogP contribution in [0.15, 0.2) is 18.7 Å². The minimum atomic E-state index is 0.659. The van der Waals surface area contributed by atoms with E-state index in [1.54, 1.807) is 6.07 Å². The van der Waals surface area contributed by atoms with E-state index in [9.17, 15) is 0 Å². The molecule has 0 unspecified atom stereocenters. The van der Waals surface area contributed by atoms with Crippen molar-refractivity contribution in [1.82, 2.24) is 5.32 Å². The summed E-state index contributed by atoms with van der Waals surface area (Å²) in [7, 11) is 0. The van der Waals surface area contributed by atoms with Crippen LogP contribution in [0.3, 0.4) is 0 Å². The fraction of sp³-hybridized carbons (Fsp3) is 0.579. The molecule has 0 saturated heterocycles. The molecule has 0 aliphatic heterocycles. The summed E-state index contributed by atoms with van der Waals surface area (Å²) in [5.74, 6) is 0. The third-order valence-corrected chi connectivity index (χ3v) is 4.48. The molecule has 0 aromatic heterocycles. The molecule has 1 nitrogen and oxygen atoms in total. The van der Waals surface area contributed by atoms with Crippen molar-refractivity contribution in [1.29, 1.82) is 0 Å². The number of rotatable bonds is 12. The standard InChI is InChI=1S/C19H29Cl2N/c1-3-5-6-7-8-9-10-11-12-22-15-18-16(4-2)13-17(20)14-19(18)21/h4,13-14,22H,2-3,5-12,15H2,1H3. The highest BCUT2D eigenvalue weighted by molar-refractivity contribution is 6.35. The second kappa shape index (κ2) is 12.0. The Morgan fingerprint density at radius 1 is 1.00 bits per heavy atom. The highest BCUT2D eigenvalue weighted by atomic mass is 35.5. The molecule has 0 saturated carbocycles. The predicted molar refractivity (Wildman–Crippen MR) is 101 cm³/mol. The lowest BCUT2D eigenvalue weighted by Gasteiger charge is -2.11. The lowest BCUT2D eigenvalue weighted by Crippen LogP contribution is -2.15. The molecule has 0 fully saturated rings. The van der Waals surface area contributed by atoms with Gasteiger partial charge < -0.3 is 5.32 Å². The van der Waals surface area contributed by atoms with Crippen LogP contribution in [0.2, 0.25) is 10.0 Å². The summed E-state index contributed by atoms with van der Waals surface area (Å²) in [6.07, 6.45) is 12.6. The zero-order valence-corrected chi connectivity index (χ0v) is 15.3. The van der Waals surface area contributed by atoms with Gasteiger partial charge in [0.15, 0.2) is 0 Å². The molecular weight excluding hydrogens is 313 g/mol. The highest BCUT2D eigenvalue weighted by Gasteiger charge is 2.06. The average molecular weight is 342 g/mol. The molecular formula is C19H29Cl2N. The fourth-order valence-electron chi connectivity index (χ4n) is 2.59. The van der Waals surface area contributed by atoms with Gasteiger partial charge in [-0.2, -0.15) is 0 Å². The molecule has 0 amide bonds. The van der Waals surface area contributed by atoms with E-state index in [1.165, 1.54) is 51.4 Å². The first-order valence-electron chi connectivity index (χ1n) is 8.50. The Hall–Kier alpha value is -0.500. The Labute approximate surface area is 146 Å². The van der Waals surface area contributed by atoms with Gasteiger partial charge in [0.25, 0.3) is 0 Å². The van der Waals surface area contributed by atoms with Gasteiger partial charge in [0, 0.05) is 16.6 Å². The average Bonchev–Trinajstić information content (AvgIpc) is 2.50. The van der Waals surface area contributed by atoms with Gasteiger partial charge in [-0.1, -0.05) is 87.7 Å². The molecule has 0 aliphatic rings. The zero-order chi connectivity index (χ0) is 16.2. The maximum absolute atomic E-state index is 6.26. The van der Waals surface area contributed by atoms with Gasteiger partial charge in [-0.3, -0.25) is 0 Å². The summed E-state index contributed by atoms with van der Waals surface area (Å²) in [5.41, 5.74) is 2.10. The lowest BCUT2D eigenvalue weighted by atomic mass is 10.1. The summed E-state index contributed by atoms with van der Waals surface area (Å²) >= 11 is 12.3. The zero-order valence-electron chi connectivity index (χ0n) is 13.8. The van der Waals surface area contributed by atoms with E-state index < -0.39 is 0 Å². The number of benzene rings is 1. The maximum Gasteiger partial charge on any atom is 0.0471 e. The molecule has 0 bridgehead atoms. The number of hydrogen-bond acceptors (Lipinski definition) is 1. The van der Waals surface area contributed by atoms with Gasteiger partial charge in [0.1, 0.15) is 0 Å². The minimum Gasteiger partial charge on any atom is -0.313 e. The maximum atomic E-state index is 6.26. The highest BCUT2D eigenvalue weighted by Crippen LogP contribution is 2.26. The quantitative estimate of drug-likeness (QED) is 0.409. The Balaban J connectivity index is 2.16. The van der Waals surface area contributed by atoms with Crippen molar-refractivity contribution < 1.29 is 0 Å². The Bertz CT molecular complexity index is 443. The van der Waals surface area contributed by atoms with Gasteiger partial charge in [0.05, 0.1) is 0 Å². The molecule has 124 valence electrons. The number of halogens is 2. The van der Waals surface area contributed by atoms with Crippen LogP contribution in [-0.2, 0) is 6.54 Å². The minimum absolute atomic E-state index is 0.659. The third kappa shape index (κ3) is 7.67. The summed E-state index contributed by atoms with van der Waals surface area (Å²) in [6.45, 7) is 7.89. The van der Waals surface area contributed by atoms with Crippen LogP contribution in [-0.4, -0.2) is 6.54 Å². The normalized spacial score (nSPS) is 10.9. The van der Waals surface area contributed by atoms with Crippen LogP contribution in [0.4, 0.5) is 0 Å². The first-order valence-corrected chi connectivity index (χ1v) is 9.25. The van der Waals surface area contributed by atoms with Crippen LogP contribution in [0, 0.1) is 0 Å². The van der Waals surface area contributed by atoms with Gasteiger partial charge in [0.2, 0.25) is 0 Å². The molecule has 0 radical (unpaired) electrons. The molecule has 1 N–H and O–H groups in total. The molecule has 1 aromatic carbocycles. The van der Waals surface area contributed by atoms with E-state index in [1.807, 2.05) is 12.1 Å². The molecule has 0 atom stereocenters. The van der Waals surface area contributed by atoms with E-state index in [2.05, 4.69) is 18.8 Å². The van der Waals surface area contributed by atoms with Crippen LogP contribution in [0.5, 0.6) is 0 Å². The van der Waals surface area contributed by atoms with Gasteiger partial charge in [-0.05, 0) is 36.2 Å².